The minimum absolute atomic E-state index is 0.118. The summed E-state index contributed by atoms with van der Waals surface area (Å²) in [6.07, 6.45) is 3.54. The molecule has 0 radical (unpaired) electrons. The lowest BCUT2D eigenvalue weighted by molar-refractivity contribution is -0.117. The van der Waals surface area contributed by atoms with Gasteiger partial charge in [-0.2, -0.15) is 0 Å². The van der Waals surface area contributed by atoms with E-state index in [4.69, 9.17) is 0 Å². The smallest absolute Gasteiger partial charge is 0.315 e. The number of carbonyl (C=O) groups is 2. The molecule has 24 heavy (non-hydrogen) atoms. The van der Waals surface area contributed by atoms with Gasteiger partial charge in [-0.3, -0.25) is 4.79 Å². The molecule has 130 valence electrons. The number of rotatable bonds is 4. The van der Waals surface area contributed by atoms with Crippen LogP contribution in [0.3, 0.4) is 0 Å². The highest BCUT2D eigenvalue weighted by Gasteiger charge is 2.22. The fourth-order valence-corrected chi connectivity index (χ4v) is 3.33. The van der Waals surface area contributed by atoms with Gasteiger partial charge in [0.25, 0.3) is 0 Å². The first kappa shape index (κ1) is 16.8. The minimum Gasteiger partial charge on any atom is -0.335 e. The Hall–Kier alpha value is -2.08. The van der Waals surface area contributed by atoms with Gasteiger partial charge in [-0.1, -0.05) is 12.1 Å². The third-order valence-corrected chi connectivity index (χ3v) is 4.80. The number of amides is 3. The van der Waals surface area contributed by atoms with E-state index >= 15 is 0 Å². The zero-order chi connectivity index (χ0) is 16.9. The molecule has 0 saturated carbocycles. The highest BCUT2D eigenvalue weighted by molar-refractivity contribution is 5.95. The van der Waals surface area contributed by atoms with Crippen molar-refractivity contribution in [3.8, 4) is 0 Å². The van der Waals surface area contributed by atoms with Crippen molar-refractivity contribution in [3.05, 3.63) is 29.8 Å². The molecule has 0 aromatic heterocycles. The van der Waals surface area contributed by atoms with Gasteiger partial charge in [0.05, 0.1) is 0 Å². The predicted octanol–water partition coefficient (Wildman–Crippen LogP) is 1.71. The van der Waals surface area contributed by atoms with E-state index in [1.807, 2.05) is 29.2 Å². The number of hydrogen-bond acceptors (Lipinski definition) is 3. The topological polar surface area (TPSA) is 64.7 Å². The molecule has 2 aliphatic rings. The van der Waals surface area contributed by atoms with Crippen LogP contribution in [0.4, 0.5) is 10.5 Å². The van der Waals surface area contributed by atoms with Crippen molar-refractivity contribution in [2.24, 2.45) is 0 Å². The molecule has 2 N–H and O–H groups in total. The van der Waals surface area contributed by atoms with Crippen LogP contribution in [0.25, 0.3) is 0 Å². The maximum absolute atomic E-state index is 12.1. The van der Waals surface area contributed by atoms with E-state index < -0.39 is 0 Å². The number of nitrogens with zero attached hydrogens (tertiary/aromatic N) is 2. The normalized spacial score (nSPS) is 19.5. The monoisotopic (exact) mass is 330 g/mol. The van der Waals surface area contributed by atoms with Crippen molar-refractivity contribution in [2.75, 3.05) is 31.6 Å². The summed E-state index contributed by atoms with van der Waals surface area (Å²) >= 11 is 0. The van der Waals surface area contributed by atoms with E-state index in [0.717, 1.165) is 50.1 Å². The van der Waals surface area contributed by atoms with Crippen LogP contribution in [0, 0.1) is 0 Å². The van der Waals surface area contributed by atoms with E-state index in [0.29, 0.717) is 13.0 Å². The highest BCUT2D eigenvalue weighted by Crippen LogP contribution is 2.22. The lowest BCUT2D eigenvalue weighted by Gasteiger charge is -2.29. The Bertz CT molecular complexity index is 596. The van der Waals surface area contributed by atoms with E-state index in [2.05, 4.69) is 22.6 Å². The molecule has 6 nitrogen and oxygen atoms in total. The summed E-state index contributed by atoms with van der Waals surface area (Å²) in [5.41, 5.74) is 1.93. The van der Waals surface area contributed by atoms with Gasteiger partial charge < -0.3 is 20.4 Å². The van der Waals surface area contributed by atoms with Gasteiger partial charge in [-0.25, -0.2) is 4.79 Å². The molecule has 0 aliphatic carbocycles. The molecule has 2 fully saturated rings. The molecule has 0 spiro atoms. The molecule has 2 saturated heterocycles. The van der Waals surface area contributed by atoms with Gasteiger partial charge in [-0.05, 0) is 57.1 Å². The SMILES string of the molecule is CN1CCC(NC(=O)NCc2cccc(N3CCCC3=O)c2)CC1. The van der Waals surface area contributed by atoms with E-state index in [1.54, 1.807) is 0 Å². The molecule has 3 amide bonds. The van der Waals surface area contributed by atoms with Crippen molar-refractivity contribution < 1.29 is 9.59 Å². The molecule has 6 heteroatoms. The quantitative estimate of drug-likeness (QED) is 0.883. The van der Waals surface area contributed by atoms with Crippen molar-refractivity contribution >= 4 is 17.6 Å². The zero-order valence-corrected chi connectivity index (χ0v) is 14.3. The summed E-state index contributed by atoms with van der Waals surface area (Å²) in [4.78, 5) is 28.0. The van der Waals surface area contributed by atoms with Gasteiger partial charge in [-0.15, -0.1) is 0 Å². The highest BCUT2D eigenvalue weighted by atomic mass is 16.2. The Morgan fingerprint density at radius 3 is 2.75 bits per heavy atom. The second kappa shape index (κ2) is 7.66. The van der Waals surface area contributed by atoms with Crippen molar-refractivity contribution in [3.63, 3.8) is 0 Å². The molecule has 1 aromatic rings. The second-order valence-corrected chi connectivity index (χ2v) is 6.72. The number of nitrogens with one attached hydrogen (secondary N) is 2. The third-order valence-electron chi connectivity index (χ3n) is 4.80. The van der Waals surface area contributed by atoms with Crippen LogP contribution < -0.4 is 15.5 Å². The van der Waals surface area contributed by atoms with Crippen LogP contribution in [0.15, 0.2) is 24.3 Å². The number of likely N-dealkylation sites (tertiary alicyclic amines) is 1. The Morgan fingerprint density at radius 2 is 2.04 bits per heavy atom. The number of hydrogen-bond donors (Lipinski definition) is 2. The van der Waals surface area contributed by atoms with Crippen LogP contribution in [0.1, 0.15) is 31.2 Å². The van der Waals surface area contributed by atoms with Crippen molar-refractivity contribution in [1.29, 1.82) is 0 Å². The second-order valence-electron chi connectivity index (χ2n) is 6.72. The number of urea groups is 1. The first-order valence-electron chi connectivity index (χ1n) is 8.74. The number of piperidine rings is 1. The van der Waals surface area contributed by atoms with Crippen LogP contribution in [-0.4, -0.2) is 49.6 Å². The van der Waals surface area contributed by atoms with Crippen LogP contribution in [0.5, 0.6) is 0 Å². The summed E-state index contributed by atoms with van der Waals surface area (Å²) in [6, 6.07) is 7.99. The van der Waals surface area contributed by atoms with E-state index in [9.17, 15) is 9.59 Å². The van der Waals surface area contributed by atoms with Gasteiger partial charge in [0.1, 0.15) is 0 Å². The molecular weight excluding hydrogens is 304 g/mol. The van der Waals surface area contributed by atoms with Crippen LogP contribution in [0.2, 0.25) is 0 Å². The first-order chi connectivity index (χ1) is 11.6. The zero-order valence-electron chi connectivity index (χ0n) is 14.3. The standard InChI is InChI=1S/C18H26N4O2/c1-21-10-7-15(8-11-21)20-18(24)19-13-14-4-2-5-16(12-14)22-9-3-6-17(22)23/h2,4-5,12,15H,3,6-11,13H2,1H3,(H2,19,20,24). The fraction of sp³-hybridized carbons (Fsp3) is 0.556. The fourth-order valence-electron chi connectivity index (χ4n) is 3.33. The Morgan fingerprint density at radius 1 is 1.25 bits per heavy atom. The summed E-state index contributed by atoms with van der Waals surface area (Å²) in [7, 11) is 2.11. The lowest BCUT2D eigenvalue weighted by atomic mass is 10.1. The van der Waals surface area contributed by atoms with E-state index in [1.165, 1.54) is 0 Å². The molecule has 1 aromatic carbocycles. The molecule has 2 aliphatic heterocycles. The van der Waals surface area contributed by atoms with Crippen molar-refractivity contribution in [1.82, 2.24) is 15.5 Å². The molecule has 0 bridgehead atoms. The third kappa shape index (κ3) is 4.26. The summed E-state index contributed by atoms with van der Waals surface area (Å²) in [6.45, 7) is 3.30. The maximum Gasteiger partial charge on any atom is 0.315 e. The molecular formula is C18H26N4O2. The Kier molecular flexibility index (Phi) is 5.35. The average Bonchev–Trinajstić information content (AvgIpc) is 3.01. The maximum atomic E-state index is 12.1. The minimum atomic E-state index is -0.118. The van der Waals surface area contributed by atoms with E-state index in [-0.39, 0.29) is 18.0 Å². The number of benzene rings is 1. The molecule has 0 atom stereocenters. The van der Waals surface area contributed by atoms with Gasteiger partial charge in [0, 0.05) is 31.2 Å². The summed E-state index contributed by atoms with van der Waals surface area (Å²) in [5.74, 6) is 0.181. The number of carbonyl (C=O) groups excluding carboxylic acids is 2. The summed E-state index contributed by atoms with van der Waals surface area (Å²) in [5, 5.41) is 5.96. The molecule has 2 heterocycles. The Labute approximate surface area is 143 Å². The Balaban J connectivity index is 1.49. The van der Waals surface area contributed by atoms with Gasteiger partial charge >= 0.3 is 6.03 Å². The van der Waals surface area contributed by atoms with Gasteiger partial charge in [0.15, 0.2) is 0 Å². The van der Waals surface area contributed by atoms with Gasteiger partial charge in [0.2, 0.25) is 5.91 Å². The van der Waals surface area contributed by atoms with Crippen LogP contribution in [-0.2, 0) is 11.3 Å². The largest absolute Gasteiger partial charge is 0.335 e. The summed E-state index contributed by atoms with van der Waals surface area (Å²) < 4.78 is 0. The molecule has 0 unspecified atom stereocenters. The predicted molar refractivity (Wildman–Crippen MR) is 93.9 cm³/mol. The first-order valence-corrected chi connectivity index (χ1v) is 8.74. The average molecular weight is 330 g/mol. The molecule has 3 rings (SSSR count). The lowest BCUT2D eigenvalue weighted by Crippen LogP contribution is -2.46. The van der Waals surface area contributed by atoms with Crippen molar-refractivity contribution in [2.45, 2.75) is 38.3 Å². The van der Waals surface area contributed by atoms with Crippen LogP contribution >= 0.6 is 0 Å². The number of anilines is 1.